The Hall–Kier alpha value is -3.30. The summed E-state index contributed by atoms with van der Waals surface area (Å²) in [7, 11) is 1.39. The number of Topliss-reactive ketones (excluding diaryl/α,β-unsaturated/α-hetero) is 1. The lowest BCUT2D eigenvalue weighted by atomic mass is 9.67. The highest BCUT2D eigenvalue weighted by molar-refractivity contribution is 5.99. The van der Waals surface area contributed by atoms with Gasteiger partial charge < -0.3 is 19.3 Å². The topological polar surface area (TPSA) is 95.0 Å². The average molecular weight is 510 g/mol. The normalized spacial score (nSPS) is 20.0. The lowest BCUT2D eigenvalue weighted by molar-refractivity contribution is -0.274. The van der Waals surface area contributed by atoms with Gasteiger partial charge in [-0.15, -0.1) is 13.2 Å². The lowest BCUT2D eigenvalue weighted by Gasteiger charge is -2.36. The second kappa shape index (κ2) is 11.6. The van der Waals surface area contributed by atoms with Crippen LogP contribution in [0, 0.1) is 11.3 Å². The molecule has 1 aromatic heterocycles. The van der Waals surface area contributed by atoms with Crippen LogP contribution in [0.2, 0.25) is 0 Å². The molecule has 0 unspecified atom stereocenters. The molecule has 1 aliphatic carbocycles. The van der Waals surface area contributed by atoms with Gasteiger partial charge in [0.2, 0.25) is 0 Å². The first-order valence-electron chi connectivity index (χ1n) is 11.8. The van der Waals surface area contributed by atoms with Crippen molar-refractivity contribution in [3.05, 3.63) is 47.7 Å². The van der Waals surface area contributed by atoms with Crippen molar-refractivity contribution in [2.45, 2.75) is 58.2 Å². The number of ketones is 1. The summed E-state index contributed by atoms with van der Waals surface area (Å²) in [5.41, 5.74) is -0.320. The number of hydrogen-bond donors (Lipinski definition) is 1. The fraction of sp³-hybridized carbons (Fsp3) is 0.500. The molecule has 2 aromatic rings. The van der Waals surface area contributed by atoms with Crippen LogP contribution in [0.15, 0.2) is 36.5 Å². The fourth-order valence-corrected chi connectivity index (χ4v) is 4.53. The molecule has 0 bridgehead atoms. The van der Waals surface area contributed by atoms with E-state index in [1.54, 1.807) is 6.07 Å². The molecular formula is C26H30F3NO6. The average Bonchev–Trinajstić information content (AvgIpc) is 2.83. The molecule has 7 nitrogen and oxygen atoms in total. The van der Waals surface area contributed by atoms with E-state index in [0.29, 0.717) is 24.3 Å². The summed E-state index contributed by atoms with van der Waals surface area (Å²) < 4.78 is 52.2. The van der Waals surface area contributed by atoms with Crippen LogP contribution in [0.4, 0.5) is 13.2 Å². The number of carboxylic acids is 1. The Bertz CT molecular complexity index is 1060. The summed E-state index contributed by atoms with van der Waals surface area (Å²) in [6, 6.07) is 7.03. The van der Waals surface area contributed by atoms with E-state index >= 15 is 0 Å². The van der Waals surface area contributed by atoms with Crippen LogP contribution in [-0.4, -0.2) is 41.9 Å². The second-order valence-corrected chi connectivity index (χ2v) is 9.06. The second-order valence-electron chi connectivity index (χ2n) is 9.06. The molecule has 1 fully saturated rings. The van der Waals surface area contributed by atoms with Crippen molar-refractivity contribution >= 4 is 11.8 Å². The molecule has 10 heteroatoms. The van der Waals surface area contributed by atoms with Gasteiger partial charge in [0.05, 0.1) is 19.1 Å². The summed E-state index contributed by atoms with van der Waals surface area (Å²) in [5, 5.41) is 9.90. The maximum atomic E-state index is 13.1. The van der Waals surface area contributed by atoms with E-state index in [9.17, 15) is 27.9 Å². The van der Waals surface area contributed by atoms with Crippen molar-refractivity contribution in [2.24, 2.45) is 11.3 Å². The number of aliphatic carboxylic acids is 1. The first kappa shape index (κ1) is 27.3. The maximum absolute atomic E-state index is 13.1. The van der Waals surface area contributed by atoms with Crippen molar-refractivity contribution in [2.75, 3.05) is 13.7 Å². The molecule has 1 N–H and O–H groups in total. The van der Waals surface area contributed by atoms with Crippen molar-refractivity contribution in [1.29, 1.82) is 0 Å². The molecule has 0 amide bonds. The van der Waals surface area contributed by atoms with Crippen LogP contribution in [0.3, 0.4) is 0 Å². The number of halogens is 3. The largest absolute Gasteiger partial charge is 0.573 e. The monoisotopic (exact) mass is 509 g/mol. The molecule has 3 rings (SSSR count). The number of nitrogens with zero attached hydrogens (tertiary/aromatic N) is 1. The highest BCUT2D eigenvalue weighted by Gasteiger charge is 2.43. The number of carbonyl (C=O) groups is 2. The summed E-state index contributed by atoms with van der Waals surface area (Å²) in [5.74, 6) is -0.824. The van der Waals surface area contributed by atoms with Crippen molar-refractivity contribution in [1.82, 2.24) is 4.98 Å². The Kier molecular flexibility index (Phi) is 8.81. The van der Waals surface area contributed by atoms with E-state index in [1.165, 1.54) is 37.6 Å². The quantitative estimate of drug-likeness (QED) is 0.380. The number of methoxy groups -OCH3 is 1. The summed E-state index contributed by atoms with van der Waals surface area (Å²) in [4.78, 5) is 29.3. The van der Waals surface area contributed by atoms with Crippen LogP contribution < -0.4 is 14.2 Å². The number of carbonyl (C=O) groups excluding carboxylic acids is 1. The third-order valence-corrected chi connectivity index (χ3v) is 6.71. The highest BCUT2D eigenvalue weighted by Crippen LogP contribution is 2.43. The van der Waals surface area contributed by atoms with Gasteiger partial charge in [-0.3, -0.25) is 9.59 Å². The SMILES string of the molecule is CCC1CCC(CC(=O)c2cnc(OC)c(OCCc3cccc(OC(F)(F)F)c3)c2)(C(=O)O)CC1. The van der Waals surface area contributed by atoms with E-state index in [0.717, 1.165) is 19.3 Å². The predicted octanol–water partition coefficient (Wildman–Crippen LogP) is 5.85. The van der Waals surface area contributed by atoms with Gasteiger partial charge in [-0.2, -0.15) is 0 Å². The van der Waals surface area contributed by atoms with Gasteiger partial charge >= 0.3 is 12.3 Å². The summed E-state index contributed by atoms with van der Waals surface area (Å²) in [6.45, 7) is 2.16. The third kappa shape index (κ3) is 7.11. The molecule has 196 valence electrons. The Morgan fingerprint density at radius 2 is 1.92 bits per heavy atom. The zero-order valence-electron chi connectivity index (χ0n) is 20.3. The Balaban J connectivity index is 1.68. The molecule has 0 saturated heterocycles. The molecule has 1 aliphatic rings. The van der Waals surface area contributed by atoms with Crippen molar-refractivity contribution in [3.63, 3.8) is 0 Å². The van der Waals surface area contributed by atoms with Crippen LogP contribution >= 0.6 is 0 Å². The van der Waals surface area contributed by atoms with Crippen LogP contribution in [0.25, 0.3) is 0 Å². The van der Waals surface area contributed by atoms with Gasteiger partial charge in [0, 0.05) is 24.6 Å². The minimum Gasteiger partial charge on any atom is -0.488 e. The van der Waals surface area contributed by atoms with E-state index in [4.69, 9.17) is 9.47 Å². The smallest absolute Gasteiger partial charge is 0.488 e. The predicted molar refractivity (Wildman–Crippen MR) is 124 cm³/mol. The number of ether oxygens (including phenoxy) is 3. The summed E-state index contributed by atoms with van der Waals surface area (Å²) >= 11 is 0. The molecule has 36 heavy (non-hydrogen) atoms. The highest BCUT2D eigenvalue weighted by atomic mass is 19.4. The number of aromatic nitrogens is 1. The van der Waals surface area contributed by atoms with E-state index in [-0.39, 0.29) is 48.2 Å². The van der Waals surface area contributed by atoms with Crippen LogP contribution in [0.5, 0.6) is 17.4 Å². The van der Waals surface area contributed by atoms with Gasteiger partial charge in [0.15, 0.2) is 11.5 Å². The van der Waals surface area contributed by atoms with Crippen LogP contribution in [0.1, 0.15) is 61.4 Å². The zero-order chi connectivity index (χ0) is 26.3. The standard InChI is InChI=1S/C26H30F3NO6/c1-3-17-7-10-25(11-8-17,24(32)33)15-21(31)19-14-22(23(34-2)30-16-19)35-12-9-18-5-4-6-20(13-18)36-26(27,28)29/h4-6,13-14,16-17H,3,7-12,15H2,1-2H3,(H,32,33). The minimum absolute atomic E-state index is 0.0720. The molecule has 1 saturated carbocycles. The number of alkyl halides is 3. The number of benzene rings is 1. The lowest BCUT2D eigenvalue weighted by Crippen LogP contribution is -2.37. The van der Waals surface area contributed by atoms with E-state index < -0.39 is 17.7 Å². The minimum atomic E-state index is -4.78. The number of pyridine rings is 1. The molecule has 0 aliphatic heterocycles. The molecule has 0 atom stereocenters. The maximum Gasteiger partial charge on any atom is 0.573 e. The van der Waals surface area contributed by atoms with Gasteiger partial charge in [0.25, 0.3) is 5.88 Å². The first-order valence-corrected chi connectivity index (χ1v) is 11.8. The number of rotatable bonds is 11. The summed E-state index contributed by atoms with van der Waals surface area (Å²) in [6.07, 6.45) is 0.144. The van der Waals surface area contributed by atoms with Gasteiger partial charge in [-0.1, -0.05) is 25.5 Å². The van der Waals surface area contributed by atoms with Crippen LogP contribution in [-0.2, 0) is 11.2 Å². The van der Waals surface area contributed by atoms with Gasteiger partial charge in [-0.25, -0.2) is 4.98 Å². The molecule has 1 heterocycles. The van der Waals surface area contributed by atoms with Gasteiger partial charge in [-0.05, 0) is 55.4 Å². The molecular weight excluding hydrogens is 479 g/mol. The zero-order valence-corrected chi connectivity index (χ0v) is 20.3. The van der Waals surface area contributed by atoms with Crippen molar-refractivity contribution in [3.8, 4) is 17.4 Å². The fourth-order valence-electron chi connectivity index (χ4n) is 4.53. The van der Waals surface area contributed by atoms with E-state index in [1.807, 2.05) is 0 Å². The third-order valence-electron chi connectivity index (χ3n) is 6.71. The number of hydrogen-bond acceptors (Lipinski definition) is 6. The van der Waals surface area contributed by atoms with E-state index in [2.05, 4.69) is 16.6 Å². The number of carboxylic acid groups (broad SMARTS) is 1. The Morgan fingerprint density at radius 3 is 2.53 bits per heavy atom. The van der Waals surface area contributed by atoms with Gasteiger partial charge in [0.1, 0.15) is 5.75 Å². The first-order chi connectivity index (χ1) is 17.0. The molecule has 1 aromatic carbocycles. The molecule has 0 spiro atoms. The Labute approximate surface area is 207 Å². The van der Waals surface area contributed by atoms with Crippen molar-refractivity contribution < 1.29 is 42.1 Å². The Morgan fingerprint density at radius 1 is 1.19 bits per heavy atom. The molecule has 0 radical (unpaired) electrons.